The molecule has 0 saturated carbocycles. The van der Waals surface area contributed by atoms with Gasteiger partial charge in [-0.25, -0.2) is 9.97 Å². The number of amides is 1. The lowest BCUT2D eigenvalue weighted by molar-refractivity contribution is -0.113. The summed E-state index contributed by atoms with van der Waals surface area (Å²) in [5, 5.41) is 13.0. The summed E-state index contributed by atoms with van der Waals surface area (Å²) in [5.41, 5.74) is 2.73. The Morgan fingerprint density at radius 2 is 1.85 bits per heavy atom. The molecule has 0 atom stereocenters. The van der Waals surface area contributed by atoms with Gasteiger partial charge in [0.15, 0.2) is 0 Å². The molecule has 0 aliphatic carbocycles. The molecule has 0 unspecified atom stereocenters. The first-order chi connectivity index (χ1) is 13.0. The van der Waals surface area contributed by atoms with Crippen molar-refractivity contribution < 1.29 is 9.90 Å². The van der Waals surface area contributed by atoms with Crippen LogP contribution in [0.2, 0.25) is 0 Å². The zero-order chi connectivity index (χ0) is 19.2. The Bertz CT molecular complexity index is 931. The molecular weight excluding hydrogens is 382 g/mol. The number of rotatable bonds is 6. The van der Waals surface area contributed by atoms with Crippen LogP contribution < -0.4 is 5.32 Å². The van der Waals surface area contributed by atoms with Gasteiger partial charge in [0.2, 0.25) is 5.91 Å². The molecule has 138 valence electrons. The topological polar surface area (TPSA) is 75.1 Å². The standard InChI is InChI=1S/C20H18ClN3O2S/c1-13-12-22-18(10-14-2-6-16(25)7-3-14)24-20(13)27-17-8-4-15(5-9-17)23-19(26)11-21/h2-9,12,25H,10-11H2,1H3,(H,23,26). The average Bonchev–Trinajstić information content (AvgIpc) is 2.67. The fraction of sp³-hybridized carbons (Fsp3) is 0.150. The number of benzene rings is 2. The molecule has 5 nitrogen and oxygen atoms in total. The molecule has 27 heavy (non-hydrogen) atoms. The van der Waals surface area contributed by atoms with Crippen LogP contribution in [0.5, 0.6) is 5.75 Å². The highest BCUT2D eigenvalue weighted by Crippen LogP contribution is 2.29. The number of alkyl halides is 1. The van der Waals surface area contributed by atoms with E-state index in [9.17, 15) is 9.90 Å². The fourth-order valence-electron chi connectivity index (χ4n) is 2.36. The quantitative estimate of drug-likeness (QED) is 0.474. The zero-order valence-corrected chi connectivity index (χ0v) is 16.2. The van der Waals surface area contributed by atoms with E-state index >= 15 is 0 Å². The summed E-state index contributed by atoms with van der Waals surface area (Å²) < 4.78 is 0. The molecule has 0 saturated heterocycles. The molecule has 1 amide bonds. The molecular formula is C20H18ClN3O2S. The van der Waals surface area contributed by atoms with Crippen molar-refractivity contribution in [3.63, 3.8) is 0 Å². The molecule has 2 aromatic carbocycles. The van der Waals surface area contributed by atoms with Gasteiger partial charge >= 0.3 is 0 Å². The summed E-state index contributed by atoms with van der Waals surface area (Å²) in [5.74, 6) is 0.661. The van der Waals surface area contributed by atoms with Crippen molar-refractivity contribution in [2.45, 2.75) is 23.3 Å². The van der Waals surface area contributed by atoms with Crippen molar-refractivity contribution in [3.8, 4) is 5.75 Å². The predicted molar refractivity (Wildman–Crippen MR) is 108 cm³/mol. The van der Waals surface area contributed by atoms with E-state index in [2.05, 4.69) is 15.3 Å². The molecule has 3 aromatic rings. The molecule has 0 bridgehead atoms. The molecule has 2 N–H and O–H groups in total. The number of phenolic OH excluding ortho intramolecular Hbond substituents is 1. The van der Waals surface area contributed by atoms with E-state index in [0.29, 0.717) is 12.1 Å². The summed E-state index contributed by atoms with van der Waals surface area (Å²) in [6.07, 6.45) is 2.41. The van der Waals surface area contributed by atoms with E-state index in [1.165, 1.54) is 0 Å². The Balaban J connectivity index is 1.72. The van der Waals surface area contributed by atoms with Crippen LogP contribution in [0, 0.1) is 6.92 Å². The lowest BCUT2D eigenvalue weighted by atomic mass is 10.1. The van der Waals surface area contributed by atoms with E-state index in [-0.39, 0.29) is 17.5 Å². The number of carbonyl (C=O) groups excluding carboxylic acids is 1. The van der Waals surface area contributed by atoms with Crippen molar-refractivity contribution in [3.05, 3.63) is 71.7 Å². The third kappa shape index (κ3) is 5.45. The molecule has 1 heterocycles. The average molecular weight is 400 g/mol. The van der Waals surface area contributed by atoms with Gasteiger partial charge in [-0.3, -0.25) is 4.79 Å². The summed E-state index contributed by atoms with van der Waals surface area (Å²) in [4.78, 5) is 21.4. The van der Waals surface area contributed by atoms with Gasteiger partial charge in [0.05, 0.1) is 0 Å². The highest BCUT2D eigenvalue weighted by atomic mass is 35.5. The van der Waals surface area contributed by atoms with Gasteiger partial charge in [-0.2, -0.15) is 0 Å². The normalized spacial score (nSPS) is 10.6. The molecule has 0 aliphatic rings. The third-order valence-corrected chi connectivity index (χ3v) is 5.10. The van der Waals surface area contributed by atoms with Crippen LogP contribution in [0.1, 0.15) is 17.0 Å². The van der Waals surface area contributed by atoms with Crippen LogP contribution >= 0.6 is 23.4 Å². The van der Waals surface area contributed by atoms with E-state index in [1.807, 2.05) is 49.5 Å². The Hall–Kier alpha value is -2.57. The highest BCUT2D eigenvalue weighted by molar-refractivity contribution is 7.99. The third-order valence-electron chi connectivity index (χ3n) is 3.75. The molecule has 0 spiro atoms. The first-order valence-corrected chi connectivity index (χ1v) is 9.63. The Morgan fingerprint density at radius 1 is 1.15 bits per heavy atom. The molecule has 3 rings (SSSR count). The minimum atomic E-state index is -0.234. The molecule has 0 radical (unpaired) electrons. The van der Waals surface area contributed by atoms with Crippen molar-refractivity contribution in [2.24, 2.45) is 0 Å². The number of hydrogen-bond donors (Lipinski definition) is 2. The largest absolute Gasteiger partial charge is 0.508 e. The summed E-state index contributed by atoms with van der Waals surface area (Å²) in [6, 6.07) is 14.6. The predicted octanol–water partition coefficient (Wildman–Crippen LogP) is 4.41. The lowest BCUT2D eigenvalue weighted by Crippen LogP contribution is -2.12. The van der Waals surface area contributed by atoms with Gasteiger partial charge in [0.25, 0.3) is 0 Å². The number of halogens is 1. The van der Waals surface area contributed by atoms with Gasteiger partial charge in [-0.1, -0.05) is 23.9 Å². The number of hydrogen-bond acceptors (Lipinski definition) is 5. The maximum absolute atomic E-state index is 11.3. The van der Waals surface area contributed by atoms with E-state index < -0.39 is 0 Å². The number of carbonyl (C=O) groups is 1. The monoisotopic (exact) mass is 399 g/mol. The molecule has 0 aliphatic heterocycles. The Kier molecular flexibility index (Phi) is 6.32. The van der Waals surface area contributed by atoms with Crippen molar-refractivity contribution in [2.75, 3.05) is 11.2 Å². The maximum atomic E-state index is 11.3. The van der Waals surface area contributed by atoms with Crippen LogP contribution in [0.15, 0.2) is 64.6 Å². The van der Waals surface area contributed by atoms with Crippen LogP contribution in [0.4, 0.5) is 5.69 Å². The number of aryl methyl sites for hydroxylation is 1. The van der Waals surface area contributed by atoms with E-state index in [0.717, 1.165) is 26.9 Å². The van der Waals surface area contributed by atoms with Gasteiger partial charge in [-0.15, -0.1) is 11.6 Å². The van der Waals surface area contributed by atoms with Crippen LogP contribution in [0.25, 0.3) is 0 Å². The van der Waals surface area contributed by atoms with Crippen LogP contribution in [-0.2, 0) is 11.2 Å². The van der Waals surface area contributed by atoms with E-state index in [4.69, 9.17) is 11.6 Å². The van der Waals surface area contributed by atoms with Crippen molar-refractivity contribution in [1.29, 1.82) is 0 Å². The van der Waals surface area contributed by atoms with Gasteiger partial charge in [0.1, 0.15) is 22.5 Å². The van der Waals surface area contributed by atoms with Gasteiger partial charge < -0.3 is 10.4 Å². The summed E-state index contributed by atoms with van der Waals surface area (Å²) >= 11 is 7.04. The fourth-order valence-corrected chi connectivity index (χ4v) is 3.28. The highest BCUT2D eigenvalue weighted by Gasteiger charge is 2.08. The number of anilines is 1. The number of aromatic hydroxyl groups is 1. The number of nitrogens with zero attached hydrogens (tertiary/aromatic N) is 2. The maximum Gasteiger partial charge on any atom is 0.239 e. The summed E-state index contributed by atoms with van der Waals surface area (Å²) in [7, 11) is 0. The molecule has 1 aromatic heterocycles. The first-order valence-electron chi connectivity index (χ1n) is 8.27. The second-order valence-corrected chi connectivity index (χ2v) is 7.26. The number of nitrogens with one attached hydrogen (secondary N) is 1. The summed E-state index contributed by atoms with van der Waals surface area (Å²) in [6.45, 7) is 1.97. The van der Waals surface area contributed by atoms with Gasteiger partial charge in [0, 0.05) is 23.2 Å². The zero-order valence-electron chi connectivity index (χ0n) is 14.6. The second-order valence-electron chi connectivity index (χ2n) is 5.93. The van der Waals surface area contributed by atoms with Crippen molar-refractivity contribution in [1.82, 2.24) is 9.97 Å². The Morgan fingerprint density at radius 3 is 2.52 bits per heavy atom. The van der Waals surface area contributed by atoms with Crippen molar-refractivity contribution >= 4 is 35.0 Å². The van der Waals surface area contributed by atoms with Crippen LogP contribution in [-0.4, -0.2) is 26.9 Å². The smallest absolute Gasteiger partial charge is 0.239 e. The Labute approximate surface area is 166 Å². The minimum Gasteiger partial charge on any atom is -0.508 e. The SMILES string of the molecule is Cc1cnc(Cc2ccc(O)cc2)nc1Sc1ccc(NC(=O)CCl)cc1. The first kappa shape index (κ1) is 19.2. The minimum absolute atomic E-state index is 0.0690. The lowest BCUT2D eigenvalue weighted by Gasteiger charge is -2.08. The van der Waals surface area contributed by atoms with E-state index in [1.54, 1.807) is 23.9 Å². The molecule has 0 fully saturated rings. The van der Waals surface area contributed by atoms with Gasteiger partial charge in [-0.05, 0) is 54.4 Å². The van der Waals surface area contributed by atoms with Crippen LogP contribution in [0.3, 0.4) is 0 Å². The molecule has 7 heteroatoms. The number of phenols is 1. The second kappa shape index (κ2) is 8.88. The number of aromatic nitrogens is 2.